The van der Waals surface area contributed by atoms with E-state index in [-0.39, 0.29) is 0 Å². The van der Waals surface area contributed by atoms with Crippen molar-refractivity contribution in [1.82, 2.24) is 0 Å². The predicted molar refractivity (Wildman–Crippen MR) is 140 cm³/mol. The van der Waals surface area contributed by atoms with Crippen LogP contribution < -0.4 is 10.4 Å². The average Bonchev–Trinajstić information content (AvgIpc) is 3.49. The van der Waals surface area contributed by atoms with Gasteiger partial charge in [0.25, 0.3) is 0 Å². The Morgan fingerprint density at radius 3 is 2.06 bits per heavy atom. The molecule has 0 aromatic heterocycles. The molecule has 2 aliphatic carbocycles. The van der Waals surface area contributed by atoms with Crippen molar-refractivity contribution < 1.29 is 0 Å². The van der Waals surface area contributed by atoms with Crippen LogP contribution in [0.2, 0.25) is 0 Å². The zero-order valence-corrected chi connectivity index (χ0v) is 19.1. The van der Waals surface area contributed by atoms with Gasteiger partial charge in [0, 0.05) is 0 Å². The van der Waals surface area contributed by atoms with Crippen molar-refractivity contribution in [2.75, 3.05) is 0 Å². The van der Waals surface area contributed by atoms with E-state index in [1.54, 1.807) is 0 Å². The van der Waals surface area contributed by atoms with Gasteiger partial charge in [0.1, 0.15) is 0 Å². The lowest BCUT2D eigenvalue weighted by molar-refractivity contribution is 1.29. The van der Waals surface area contributed by atoms with Gasteiger partial charge in [0.15, 0.2) is 0 Å². The zero-order valence-electron chi connectivity index (χ0n) is 19.1. The van der Waals surface area contributed by atoms with Crippen molar-refractivity contribution in [3.8, 4) is 11.1 Å². The summed E-state index contributed by atoms with van der Waals surface area (Å²) in [5, 5.41) is 2.68. The Balaban J connectivity index is 1.78. The van der Waals surface area contributed by atoms with Gasteiger partial charge in [0.2, 0.25) is 0 Å². The van der Waals surface area contributed by atoms with Gasteiger partial charge in [-0.05, 0) is 92.9 Å². The van der Waals surface area contributed by atoms with Gasteiger partial charge in [-0.1, -0.05) is 103 Å². The Bertz CT molecular complexity index is 1520. The highest BCUT2D eigenvalue weighted by Crippen LogP contribution is 2.32. The topological polar surface area (TPSA) is 0 Å². The highest BCUT2D eigenvalue weighted by molar-refractivity contribution is 5.90. The van der Waals surface area contributed by atoms with Gasteiger partial charge < -0.3 is 0 Å². The highest BCUT2D eigenvalue weighted by atomic mass is 14.2. The lowest BCUT2D eigenvalue weighted by Crippen LogP contribution is -2.23. The monoisotopic (exact) mass is 422 g/mol. The molecule has 0 bridgehead atoms. The molecule has 0 heterocycles. The fourth-order valence-electron chi connectivity index (χ4n) is 5.37. The van der Waals surface area contributed by atoms with Gasteiger partial charge in [-0.2, -0.15) is 0 Å². The first-order valence-corrected chi connectivity index (χ1v) is 11.7. The van der Waals surface area contributed by atoms with Gasteiger partial charge in [-0.3, -0.25) is 0 Å². The number of fused-ring (bicyclic) bond motifs is 3. The zero-order chi connectivity index (χ0) is 22.4. The quantitative estimate of drug-likeness (QED) is 0.303. The summed E-state index contributed by atoms with van der Waals surface area (Å²) in [6.45, 7) is 4.48. The molecule has 0 radical (unpaired) electrons. The molecule has 0 spiro atoms. The number of hydrogen-bond donors (Lipinski definition) is 0. The molecule has 0 aliphatic heterocycles. The Morgan fingerprint density at radius 2 is 1.42 bits per heavy atom. The van der Waals surface area contributed by atoms with Gasteiger partial charge in [-0.25, -0.2) is 0 Å². The average molecular weight is 423 g/mol. The van der Waals surface area contributed by atoms with Gasteiger partial charge in [-0.15, -0.1) is 0 Å². The van der Waals surface area contributed by atoms with Crippen molar-refractivity contribution in [2.24, 2.45) is 0 Å². The van der Waals surface area contributed by atoms with Gasteiger partial charge in [0.05, 0.1) is 0 Å². The third kappa shape index (κ3) is 3.31. The molecule has 33 heavy (non-hydrogen) atoms. The molecule has 0 atom stereocenters. The molecule has 0 N–H and O–H groups in total. The minimum atomic E-state index is 0.992. The first-order chi connectivity index (χ1) is 16.2. The molecule has 0 amide bonds. The van der Waals surface area contributed by atoms with Crippen LogP contribution in [0, 0.1) is 13.8 Å². The van der Waals surface area contributed by atoms with E-state index in [2.05, 4.69) is 123 Å². The molecule has 6 rings (SSSR count). The number of aryl methyl sites for hydroxylation is 1. The summed E-state index contributed by atoms with van der Waals surface area (Å²) in [5.74, 6) is 0. The van der Waals surface area contributed by atoms with Crippen molar-refractivity contribution in [3.63, 3.8) is 0 Å². The maximum Gasteiger partial charge on any atom is -0.00358 e. The summed E-state index contributed by atoms with van der Waals surface area (Å²) < 4.78 is 0. The van der Waals surface area contributed by atoms with Crippen molar-refractivity contribution in [2.45, 2.75) is 20.3 Å². The summed E-state index contributed by atoms with van der Waals surface area (Å²) in [6.07, 6.45) is 10.1. The second-order valence-electron chi connectivity index (χ2n) is 9.05. The second-order valence-corrected chi connectivity index (χ2v) is 9.05. The van der Waals surface area contributed by atoms with Crippen LogP contribution >= 0.6 is 0 Å². The van der Waals surface area contributed by atoms with E-state index in [9.17, 15) is 0 Å². The Labute approximate surface area is 195 Å². The second kappa shape index (κ2) is 7.90. The Hall–Kier alpha value is -3.90. The van der Waals surface area contributed by atoms with E-state index >= 15 is 0 Å². The maximum atomic E-state index is 2.43. The van der Waals surface area contributed by atoms with Crippen molar-refractivity contribution >= 4 is 17.2 Å². The van der Waals surface area contributed by atoms with Crippen LogP contribution in [0.15, 0.2) is 103 Å². The van der Waals surface area contributed by atoms with Gasteiger partial charge >= 0.3 is 0 Å². The summed E-state index contributed by atoms with van der Waals surface area (Å²) in [4.78, 5) is 0. The Kier molecular flexibility index (Phi) is 4.73. The van der Waals surface area contributed by atoms with Crippen LogP contribution in [0.4, 0.5) is 0 Å². The molecule has 0 saturated carbocycles. The normalized spacial score (nSPS) is 13.3. The first-order valence-electron chi connectivity index (χ1n) is 11.7. The van der Waals surface area contributed by atoms with Crippen LogP contribution in [0.25, 0.3) is 28.3 Å². The standard InChI is InChI=1S/C33H26/c1-22-17-18-28-27(19-22)20-31-30(28)21-29(23(2)32(31)24-15-9-10-16-24)33(25-11-5-3-6-12-25)26-13-7-4-8-14-26/h3-15,17-21H,16H2,1-2H3. The molecule has 4 aromatic carbocycles. The third-order valence-electron chi connectivity index (χ3n) is 6.91. The molecule has 4 aromatic rings. The van der Waals surface area contributed by atoms with E-state index in [0.717, 1.165) is 6.42 Å². The smallest absolute Gasteiger partial charge is 0.00358 e. The lowest BCUT2D eigenvalue weighted by atomic mass is 9.87. The van der Waals surface area contributed by atoms with Crippen LogP contribution in [-0.2, 0) is 0 Å². The fourth-order valence-corrected chi connectivity index (χ4v) is 5.37. The largest absolute Gasteiger partial charge is 0.0801 e. The predicted octanol–water partition coefficient (Wildman–Crippen LogP) is 6.70. The minimum Gasteiger partial charge on any atom is -0.0801 e. The summed E-state index contributed by atoms with van der Waals surface area (Å²) in [7, 11) is 0. The molecule has 0 saturated heterocycles. The lowest BCUT2D eigenvalue weighted by Gasteiger charge is -2.16. The molecular weight excluding hydrogens is 396 g/mol. The molecule has 158 valence electrons. The van der Waals surface area contributed by atoms with E-state index in [1.165, 1.54) is 66.1 Å². The van der Waals surface area contributed by atoms with E-state index in [1.807, 2.05) is 0 Å². The van der Waals surface area contributed by atoms with Crippen LogP contribution in [0.5, 0.6) is 0 Å². The summed E-state index contributed by atoms with van der Waals surface area (Å²) in [5.41, 5.74) is 13.3. The van der Waals surface area contributed by atoms with Crippen molar-refractivity contribution in [1.29, 1.82) is 0 Å². The number of benzene rings is 4. The first kappa shape index (κ1) is 19.8. The van der Waals surface area contributed by atoms with E-state index in [0.29, 0.717) is 0 Å². The number of rotatable bonds is 3. The third-order valence-corrected chi connectivity index (χ3v) is 6.91. The molecule has 0 heteroatoms. The summed E-state index contributed by atoms with van der Waals surface area (Å²) >= 11 is 0. The number of hydrogen-bond acceptors (Lipinski definition) is 0. The minimum absolute atomic E-state index is 0.992. The van der Waals surface area contributed by atoms with Crippen LogP contribution in [0.3, 0.4) is 0 Å². The van der Waals surface area contributed by atoms with Crippen LogP contribution in [-0.4, -0.2) is 0 Å². The van der Waals surface area contributed by atoms with E-state index in [4.69, 9.17) is 0 Å². The maximum absolute atomic E-state index is 2.43. The molecule has 0 nitrogen and oxygen atoms in total. The molecule has 0 unspecified atom stereocenters. The summed E-state index contributed by atoms with van der Waals surface area (Å²) in [6, 6.07) is 30.9. The SMILES string of the molecule is Cc1ccc2c(c1)C=c1c-2cc(=C(c2ccccc2)c2ccccc2)c(C)c1C1=CC=CC1. The molecule has 0 fully saturated rings. The van der Waals surface area contributed by atoms with Crippen molar-refractivity contribution in [3.05, 3.63) is 147 Å². The molecular formula is C33H26. The fraction of sp³-hybridized carbons (Fsp3) is 0.0909. The molecule has 2 aliphatic rings. The van der Waals surface area contributed by atoms with Crippen LogP contribution in [0.1, 0.15) is 39.8 Å². The Morgan fingerprint density at radius 1 is 0.727 bits per heavy atom. The highest BCUT2D eigenvalue weighted by Gasteiger charge is 2.21. The van der Waals surface area contributed by atoms with E-state index < -0.39 is 0 Å². The number of allylic oxidation sites excluding steroid dienone is 4.